The number of aromatic hydroxyl groups is 1. The number of rotatable bonds is 4. The van der Waals surface area contributed by atoms with Gasteiger partial charge in [-0.3, -0.25) is 14.2 Å². The van der Waals surface area contributed by atoms with E-state index in [2.05, 4.69) is 10.3 Å². The van der Waals surface area contributed by atoms with E-state index in [9.17, 15) is 19.5 Å². The number of nitrogens with zero attached hydrogens (tertiary/aromatic N) is 2. The van der Waals surface area contributed by atoms with Crippen LogP contribution < -0.4 is 24.9 Å². The summed E-state index contributed by atoms with van der Waals surface area (Å²) in [6.45, 7) is 3.52. The summed E-state index contributed by atoms with van der Waals surface area (Å²) in [5, 5.41) is 12.9. The summed E-state index contributed by atoms with van der Waals surface area (Å²) in [6.07, 6.45) is 0. The van der Waals surface area contributed by atoms with Gasteiger partial charge in [-0.25, -0.2) is 9.79 Å². The lowest BCUT2D eigenvalue weighted by Gasteiger charge is -2.25. The molecule has 10 heteroatoms. The van der Waals surface area contributed by atoms with Crippen molar-refractivity contribution in [3.8, 4) is 11.5 Å². The van der Waals surface area contributed by atoms with Crippen molar-refractivity contribution in [1.82, 2.24) is 4.57 Å². The van der Waals surface area contributed by atoms with Crippen molar-refractivity contribution in [3.05, 3.63) is 84.5 Å². The van der Waals surface area contributed by atoms with Gasteiger partial charge in [0.05, 0.1) is 36.6 Å². The first-order valence-corrected chi connectivity index (χ1v) is 11.7. The molecule has 2 N–H and O–H groups in total. The van der Waals surface area contributed by atoms with E-state index in [0.717, 1.165) is 11.3 Å². The molecule has 1 atom stereocenters. The second-order valence-electron chi connectivity index (χ2n) is 7.93. The molecule has 1 aromatic heterocycles. The summed E-state index contributed by atoms with van der Waals surface area (Å²) < 4.78 is 12.2. The number of thiazole rings is 1. The van der Waals surface area contributed by atoms with Crippen LogP contribution in [0.1, 0.15) is 31.0 Å². The monoisotopic (exact) mass is 491 g/mol. The molecule has 2 aromatic carbocycles. The van der Waals surface area contributed by atoms with Gasteiger partial charge in [0.15, 0.2) is 16.3 Å². The summed E-state index contributed by atoms with van der Waals surface area (Å²) in [4.78, 5) is 44.6. The van der Waals surface area contributed by atoms with Crippen molar-refractivity contribution in [2.75, 3.05) is 19.0 Å². The van der Waals surface area contributed by atoms with E-state index in [4.69, 9.17) is 9.47 Å². The Morgan fingerprint density at radius 1 is 1.23 bits per heavy atom. The van der Waals surface area contributed by atoms with Crippen LogP contribution in [0.4, 0.5) is 5.69 Å². The Labute approximate surface area is 203 Å². The summed E-state index contributed by atoms with van der Waals surface area (Å²) in [7, 11) is 1.41. The third-order valence-corrected chi connectivity index (χ3v) is 6.96. The van der Waals surface area contributed by atoms with E-state index < -0.39 is 17.6 Å². The first-order chi connectivity index (χ1) is 16.8. The van der Waals surface area contributed by atoms with Crippen molar-refractivity contribution in [2.45, 2.75) is 19.9 Å². The largest absolute Gasteiger partial charge is 0.504 e. The Kier molecular flexibility index (Phi) is 5.52. The minimum Gasteiger partial charge on any atom is -0.504 e. The van der Waals surface area contributed by atoms with Gasteiger partial charge < -0.3 is 19.9 Å². The molecule has 0 spiro atoms. The van der Waals surface area contributed by atoms with Crippen LogP contribution in [-0.4, -0.2) is 35.3 Å². The molecule has 3 aromatic rings. The number of methoxy groups -OCH3 is 1. The van der Waals surface area contributed by atoms with E-state index in [-0.39, 0.29) is 39.7 Å². The van der Waals surface area contributed by atoms with Gasteiger partial charge in [-0.15, -0.1) is 0 Å². The average molecular weight is 492 g/mol. The molecule has 0 unspecified atom stereocenters. The van der Waals surface area contributed by atoms with E-state index in [1.54, 1.807) is 50.2 Å². The van der Waals surface area contributed by atoms with E-state index in [1.165, 1.54) is 17.7 Å². The number of aromatic nitrogens is 1. The quantitative estimate of drug-likeness (QED) is 0.538. The third kappa shape index (κ3) is 3.53. The molecule has 0 aliphatic carbocycles. The lowest BCUT2D eigenvalue weighted by atomic mass is 9.95. The number of anilines is 1. The maximum absolute atomic E-state index is 13.9. The van der Waals surface area contributed by atoms with Crippen LogP contribution in [0.5, 0.6) is 11.5 Å². The summed E-state index contributed by atoms with van der Waals surface area (Å²) in [5.74, 6) is -0.869. The molecule has 0 saturated heterocycles. The predicted molar refractivity (Wildman–Crippen MR) is 129 cm³/mol. The molecular weight excluding hydrogens is 470 g/mol. The number of ether oxygens (including phenoxy) is 2. The third-order valence-electron chi connectivity index (χ3n) is 5.91. The highest BCUT2D eigenvalue weighted by Gasteiger charge is 2.35. The minimum absolute atomic E-state index is 0.0801. The number of esters is 1. The predicted octanol–water partition coefficient (Wildman–Crippen LogP) is 1.83. The number of carbonyl (C=O) groups is 2. The zero-order valence-corrected chi connectivity index (χ0v) is 19.9. The molecule has 35 heavy (non-hydrogen) atoms. The van der Waals surface area contributed by atoms with Crippen molar-refractivity contribution in [2.24, 2.45) is 4.99 Å². The topological polar surface area (TPSA) is 119 Å². The smallest absolute Gasteiger partial charge is 0.338 e. The van der Waals surface area contributed by atoms with Crippen molar-refractivity contribution < 1.29 is 24.2 Å². The number of amides is 1. The maximum Gasteiger partial charge on any atom is 0.338 e. The number of para-hydroxylation sites is 1. The van der Waals surface area contributed by atoms with Crippen molar-refractivity contribution in [3.63, 3.8) is 0 Å². The van der Waals surface area contributed by atoms with Gasteiger partial charge in [-0.1, -0.05) is 35.6 Å². The normalized spacial score (nSPS) is 17.9. The van der Waals surface area contributed by atoms with E-state index >= 15 is 0 Å². The molecule has 5 rings (SSSR count). The Hall–Kier alpha value is -4.18. The number of phenols is 1. The van der Waals surface area contributed by atoms with Crippen LogP contribution in [0.3, 0.4) is 0 Å². The van der Waals surface area contributed by atoms with Crippen LogP contribution in [0.15, 0.2) is 63.5 Å². The Morgan fingerprint density at radius 2 is 2.00 bits per heavy atom. The van der Waals surface area contributed by atoms with Gasteiger partial charge in [0, 0.05) is 11.3 Å². The van der Waals surface area contributed by atoms with Crippen molar-refractivity contribution in [1.29, 1.82) is 0 Å². The van der Waals surface area contributed by atoms with Gasteiger partial charge in [-0.2, -0.15) is 0 Å². The number of carbonyl (C=O) groups excluding carboxylic acids is 2. The van der Waals surface area contributed by atoms with Gasteiger partial charge >= 0.3 is 5.97 Å². The van der Waals surface area contributed by atoms with Crippen molar-refractivity contribution >= 4 is 34.5 Å². The zero-order chi connectivity index (χ0) is 24.9. The van der Waals surface area contributed by atoms with E-state index in [0.29, 0.717) is 27.3 Å². The highest BCUT2D eigenvalue weighted by molar-refractivity contribution is 7.07. The van der Waals surface area contributed by atoms with Crippen LogP contribution in [0.25, 0.3) is 5.57 Å². The summed E-state index contributed by atoms with van der Waals surface area (Å²) in [5.41, 5.74) is 2.18. The number of benzene rings is 2. The Balaban J connectivity index is 1.83. The lowest BCUT2D eigenvalue weighted by Crippen LogP contribution is -2.40. The molecule has 1 amide bonds. The molecule has 0 fully saturated rings. The number of phenolic OH excluding ortho intramolecular Hbond substituents is 1. The summed E-state index contributed by atoms with van der Waals surface area (Å²) >= 11 is 1.09. The van der Waals surface area contributed by atoms with E-state index in [1.807, 2.05) is 0 Å². The molecule has 2 aliphatic heterocycles. The summed E-state index contributed by atoms with van der Waals surface area (Å²) in [6, 6.07) is 10.9. The maximum atomic E-state index is 13.9. The molecular formula is C25H21N3O6S. The fourth-order valence-electron chi connectivity index (χ4n) is 4.36. The Bertz CT molecular complexity index is 1610. The minimum atomic E-state index is -0.895. The SMILES string of the molecule is CCOC(=O)C1=C(C)N=c2s/c(=C3/C(=O)Nc4ccccc43)c(=O)n2[C@H]1c1ccc(O)c(OC)c1. The average Bonchev–Trinajstić information content (AvgIpc) is 3.33. The number of allylic oxidation sites excluding steroid dienone is 1. The second kappa shape index (κ2) is 8.55. The Morgan fingerprint density at radius 3 is 2.74 bits per heavy atom. The highest BCUT2D eigenvalue weighted by atomic mass is 32.1. The molecule has 0 saturated carbocycles. The van der Waals surface area contributed by atoms with Crippen LogP contribution in [0.2, 0.25) is 0 Å². The number of hydrogen-bond acceptors (Lipinski definition) is 8. The molecule has 9 nitrogen and oxygen atoms in total. The molecule has 0 bridgehead atoms. The van der Waals surface area contributed by atoms with Crippen LogP contribution in [0, 0.1) is 0 Å². The van der Waals surface area contributed by atoms with Crippen LogP contribution >= 0.6 is 11.3 Å². The van der Waals surface area contributed by atoms with Gasteiger partial charge in [0.2, 0.25) is 0 Å². The molecule has 2 aliphatic rings. The first kappa shape index (κ1) is 22.6. The molecule has 0 radical (unpaired) electrons. The second-order valence-corrected chi connectivity index (χ2v) is 8.91. The first-order valence-electron chi connectivity index (χ1n) is 10.9. The van der Waals surface area contributed by atoms with Gasteiger partial charge in [-0.05, 0) is 37.6 Å². The molecule has 178 valence electrons. The zero-order valence-electron chi connectivity index (χ0n) is 19.1. The van der Waals surface area contributed by atoms with Gasteiger partial charge in [0.25, 0.3) is 11.5 Å². The fraction of sp³-hybridized carbons (Fsp3) is 0.200. The standard InChI is InChI=1S/C25H21N3O6S/c1-4-34-24(32)18-12(2)26-25-28(20(18)13-9-10-16(29)17(11-13)33-3)23(31)21(35-25)19-14-7-5-6-8-15(14)27-22(19)30/h5-11,20,29H,4H2,1-3H3,(H,27,30)/b21-19+/t20-/m0/s1. The fourth-order valence-corrected chi connectivity index (χ4v) is 5.51. The number of fused-ring (bicyclic) bond motifs is 2. The van der Waals surface area contributed by atoms with Gasteiger partial charge in [0.1, 0.15) is 4.53 Å². The van der Waals surface area contributed by atoms with Crippen LogP contribution in [-0.2, 0) is 14.3 Å². The number of nitrogens with one attached hydrogen (secondary N) is 1. The number of hydrogen-bond donors (Lipinski definition) is 2. The lowest BCUT2D eigenvalue weighted by molar-refractivity contribution is -0.139. The highest BCUT2D eigenvalue weighted by Crippen LogP contribution is 2.36. The molecule has 3 heterocycles.